The summed E-state index contributed by atoms with van der Waals surface area (Å²) in [5, 5.41) is 24.7. The van der Waals surface area contributed by atoms with Gasteiger partial charge in [-0.05, 0) is 49.4 Å². The molecule has 2 heterocycles. The van der Waals surface area contributed by atoms with Crippen molar-refractivity contribution in [3.05, 3.63) is 54.1 Å². The molecule has 2 aromatic heterocycles. The number of aromatic nitrogens is 5. The van der Waals surface area contributed by atoms with E-state index in [-0.39, 0.29) is 17.6 Å². The van der Waals surface area contributed by atoms with E-state index in [0.29, 0.717) is 34.6 Å². The third-order valence-corrected chi connectivity index (χ3v) is 5.57. The highest BCUT2D eigenvalue weighted by atomic mass is 32.2. The summed E-state index contributed by atoms with van der Waals surface area (Å²) >= 11 is 1.24. The molecule has 0 aliphatic carbocycles. The number of hydrogen-bond acceptors (Lipinski definition) is 9. The zero-order valence-corrected chi connectivity index (χ0v) is 18.7. The van der Waals surface area contributed by atoms with Gasteiger partial charge in [-0.1, -0.05) is 23.0 Å². The van der Waals surface area contributed by atoms with E-state index in [1.54, 1.807) is 35.9 Å². The molecule has 0 atom stereocenters. The summed E-state index contributed by atoms with van der Waals surface area (Å²) in [7, 11) is 1.60. The van der Waals surface area contributed by atoms with Gasteiger partial charge in [0.25, 0.3) is 5.89 Å². The highest BCUT2D eigenvalue weighted by Gasteiger charge is 2.20. The molecule has 33 heavy (non-hydrogen) atoms. The molecule has 0 saturated heterocycles. The van der Waals surface area contributed by atoms with Gasteiger partial charge in [-0.3, -0.25) is 9.36 Å². The molecule has 166 valence electrons. The molecular weight excluding hydrogens is 442 g/mol. The Hall–Kier alpha value is -4.17. The largest absolute Gasteiger partial charge is 0.497 e. The van der Waals surface area contributed by atoms with E-state index in [2.05, 4.69) is 25.7 Å². The number of nitrogens with zero attached hydrogens (tertiary/aromatic N) is 6. The van der Waals surface area contributed by atoms with Gasteiger partial charge in [0, 0.05) is 17.8 Å². The van der Waals surface area contributed by atoms with Gasteiger partial charge in [0.1, 0.15) is 5.75 Å². The Labute approximate surface area is 193 Å². The van der Waals surface area contributed by atoms with E-state index in [1.807, 2.05) is 37.3 Å². The minimum atomic E-state index is -0.220. The van der Waals surface area contributed by atoms with Crippen LogP contribution >= 0.6 is 11.8 Å². The molecule has 10 nitrogen and oxygen atoms in total. The highest BCUT2D eigenvalue weighted by Crippen LogP contribution is 2.26. The molecule has 4 aromatic rings. The van der Waals surface area contributed by atoms with Gasteiger partial charge in [0.05, 0.1) is 24.5 Å². The summed E-state index contributed by atoms with van der Waals surface area (Å²) in [5.74, 6) is 1.72. The van der Waals surface area contributed by atoms with Crippen LogP contribution < -0.4 is 10.1 Å². The first-order chi connectivity index (χ1) is 16.1. The summed E-state index contributed by atoms with van der Waals surface area (Å²) < 4.78 is 12.4. The first kappa shape index (κ1) is 22.0. The smallest absolute Gasteiger partial charge is 0.296 e. The third-order valence-electron chi connectivity index (χ3n) is 4.61. The van der Waals surface area contributed by atoms with E-state index in [0.717, 1.165) is 11.3 Å². The van der Waals surface area contributed by atoms with E-state index in [1.165, 1.54) is 11.8 Å². The first-order valence-corrected chi connectivity index (χ1v) is 10.9. The number of ether oxygens (including phenoxy) is 1. The van der Waals surface area contributed by atoms with Crippen molar-refractivity contribution in [2.75, 3.05) is 18.2 Å². The molecule has 1 amide bonds. The standard InChI is InChI=1S/C22H19N7O3S/c1-3-29-20(21-25-19(28-32-21)15-7-9-17(31-2)10-8-15)26-27-22(29)33-13-18(30)24-16-6-4-5-14(11-16)12-23/h4-11H,3,13H2,1-2H3,(H,24,30). The number of hydrogen-bond donors (Lipinski definition) is 1. The van der Waals surface area contributed by atoms with Crippen LogP contribution in [0.1, 0.15) is 12.5 Å². The Balaban J connectivity index is 1.45. The second kappa shape index (κ2) is 9.97. The van der Waals surface area contributed by atoms with Gasteiger partial charge in [0.2, 0.25) is 17.6 Å². The maximum Gasteiger partial charge on any atom is 0.296 e. The summed E-state index contributed by atoms with van der Waals surface area (Å²) in [6, 6.07) is 16.1. The Morgan fingerprint density at radius 2 is 2.06 bits per heavy atom. The van der Waals surface area contributed by atoms with Gasteiger partial charge in [-0.2, -0.15) is 10.2 Å². The number of methoxy groups -OCH3 is 1. The number of nitrogens with one attached hydrogen (secondary N) is 1. The predicted molar refractivity (Wildman–Crippen MR) is 121 cm³/mol. The number of benzene rings is 2. The number of rotatable bonds is 8. The Kier molecular flexibility index (Phi) is 6.66. The lowest BCUT2D eigenvalue weighted by Crippen LogP contribution is -2.14. The molecule has 0 saturated carbocycles. The zero-order valence-electron chi connectivity index (χ0n) is 17.8. The van der Waals surface area contributed by atoms with Gasteiger partial charge < -0.3 is 14.6 Å². The predicted octanol–water partition coefficient (Wildman–Crippen LogP) is 3.63. The number of nitriles is 1. The van der Waals surface area contributed by atoms with Crippen molar-refractivity contribution in [3.63, 3.8) is 0 Å². The third kappa shape index (κ3) is 5.02. The van der Waals surface area contributed by atoms with Crippen molar-refractivity contribution in [2.45, 2.75) is 18.6 Å². The van der Waals surface area contributed by atoms with Crippen molar-refractivity contribution in [2.24, 2.45) is 0 Å². The Bertz CT molecular complexity index is 1310. The van der Waals surface area contributed by atoms with E-state index >= 15 is 0 Å². The Morgan fingerprint density at radius 1 is 1.24 bits per heavy atom. The van der Waals surface area contributed by atoms with Gasteiger partial charge >= 0.3 is 0 Å². The first-order valence-electron chi connectivity index (χ1n) is 9.95. The minimum absolute atomic E-state index is 0.121. The highest BCUT2D eigenvalue weighted by molar-refractivity contribution is 7.99. The zero-order chi connectivity index (χ0) is 23.2. The lowest BCUT2D eigenvalue weighted by Gasteiger charge is -2.06. The van der Waals surface area contributed by atoms with Crippen LogP contribution in [0.4, 0.5) is 5.69 Å². The molecule has 0 bridgehead atoms. The molecule has 1 N–H and O–H groups in total. The number of carbonyl (C=O) groups is 1. The SMILES string of the molecule is CCn1c(SCC(=O)Nc2cccc(C#N)c2)nnc1-c1nc(-c2ccc(OC)cc2)no1. The monoisotopic (exact) mass is 461 g/mol. The normalized spacial score (nSPS) is 10.6. The molecule has 0 fully saturated rings. The summed E-state index contributed by atoms with van der Waals surface area (Å²) in [6.45, 7) is 2.49. The van der Waals surface area contributed by atoms with Crippen LogP contribution in [0, 0.1) is 11.3 Å². The molecule has 0 unspecified atom stereocenters. The van der Waals surface area contributed by atoms with Gasteiger partial charge in [0.15, 0.2) is 5.16 Å². The Morgan fingerprint density at radius 3 is 2.79 bits per heavy atom. The molecule has 4 rings (SSSR count). The molecule has 0 spiro atoms. The van der Waals surface area contributed by atoms with E-state index in [9.17, 15) is 4.79 Å². The fraction of sp³-hybridized carbons (Fsp3) is 0.182. The maximum atomic E-state index is 12.3. The molecular formula is C22H19N7O3S. The summed E-state index contributed by atoms with van der Waals surface area (Å²) in [6.07, 6.45) is 0. The topological polar surface area (TPSA) is 132 Å². The quantitative estimate of drug-likeness (QED) is 0.391. The molecule has 0 aliphatic heterocycles. The van der Waals surface area contributed by atoms with Crippen molar-refractivity contribution in [3.8, 4) is 34.9 Å². The van der Waals surface area contributed by atoms with Crippen LogP contribution in [0.2, 0.25) is 0 Å². The second-order valence-electron chi connectivity index (χ2n) is 6.73. The van der Waals surface area contributed by atoms with Crippen LogP contribution in [0.15, 0.2) is 58.2 Å². The molecule has 2 aromatic carbocycles. The van der Waals surface area contributed by atoms with Crippen LogP contribution in [-0.4, -0.2) is 43.7 Å². The van der Waals surface area contributed by atoms with Gasteiger partial charge in [-0.25, -0.2) is 0 Å². The molecule has 0 aliphatic rings. The lowest BCUT2D eigenvalue weighted by atomic mass is 10.2. The summed E-state index contributed by atoms with van der Waals surface area (Å²) in [4.78, 5) is 16.8. The minimum Gasteiger partial charge on any atom is -0.497 e. The number of carbonyl (C=O) groups excluding carboxylic acids is 1. The average Bonchev–Trinajstić information content (AvgIpc) is 3.49. The van der Waals surface area contributed by atoms with E-state index < -0.39 is 0 Å². The van der Waals surface area contributed by atoms with Crippen LogP contribution in [0.3, 0.4) is 0 Å². The van der Waals surface area contributed by atoms with E-state index in [4.69, 9.17) is 14.5 Å². The molecule has 0 radical (unpaired) electrons. The van der Waals surface area contributed by atoms with Crippen molar-refractivity contribution in [1.82, 2.24) is 24.9 Å². The second-order valence-corrected chi connectivity index (χ2v) is 7.67. The maximum absolute atomic E-state index is 12.3. The van der Waals surface area contributed by atoms with Gasteiger partial charge in [-0.15, -0.1) is 10.2 Å². The lowest BCUT2D eigenvalue weighted by molar-refractivity contribution is -0.113. The van der Waals surface area contributed by atoms with Crippen molar-refractivity contribution >= 4 is 23.4 Å². The number of anilines is 1. The van der Waals surface area contributed by atoms with Crippen molar-refractivity contribution < 1.29 is 14.1 Å². The fourth-order valence-electron chi connectivity index (χ4n) is 3.00. The number of amides is 1. The van der Waals surface area contributed by atoms with Crippen molar-refractivity contribution in [1.29, 1.82) is 5.26 Å². The number of thioether (sulfide) groups is 1. The van der Waals surface area contributed by atoms with Crippen LogP contribution in [0.5, 0.6) is 5.75 Å². The van der Waals surface area contributed by atoms with Crippen LogP contribution in [-0.2, 0) is 11.3 Å². The summed E-state index contributed by atoms with van der Waals surface area (Å²) in [5.41, 5.74) is 1.82. The fourth-order valence-corrected chi connectivity index (χ4v) is 3.81. The van der Waals surface area contributed by atoms with Crippen LogP contribution in [0.25, 0.3) is 23.1 Å². The molecule has 11 heteroatoms. The average molecular weight is 462 g/mol.